The number of amides is 3. The third-order valence-electron chi connectivity index (χ3n) is 4.53. The Kier molecular flexibility index (Phi) is 3.59. The van der Waals surface area contributed by atoms with E-state index in [1.807, 2.05) is 0 Å². The Bertz CT molecular complexity index is 688. The lowest BCUT2D eigenvalue weighted by Crippen LogP contribution is -2.42. The van der Waals surface area contributed by atoms with Crippen molar-refractivity contribution < 1.29 is 14.4 Å². The maximum atomic E-state index is 12.3. The molecule has 8 nitrogen and oxygen atoms in total. The summed E-state index contributed by atoms with van der Waals surface area (Å²) in [6, 6.07) is 3.79. The number of rotatable bonds is 3. The predicted molar refractivity (Wildman–Crippen MR) is 86.5 cm³/mol. The van der Waals surface area contributed by atoms with Crippen LogP contribution in [0.1, 0.15) is 25.7 Å². The van der Waals surface area contributed by atoms with E-state index in [9.17, 15) is 9.59 Å². The summed E-state index contributed by atoms with van der Waals surface area (Å²) >= 11 is 0. The summed E-state index contributed by atoms with van der Waals surface area (Å²) in [4.78, 5) is 35.7. The molecule has 3 aliphatic rings. The van der Waals surface area contributed by atoms with Crippen LogP contribution in [0.3, 0.4) is 0 Å². The van der Waals surface area contributed by atoms with E-state index in [1.54, 1.807) is 29.4 Å². The van der Waals surface area contributed by atoms with Gasteiger partial charge in [0.1, 0.15) is 5.71 Å². The molecule has 2 N–H and O–H groups in total. The monoisotopic (exact) mass is 329 g/mol. The second-order valence-electron chi connectivity index (χ2n) is 6.58. The molecule has 1 saturated heterocycles. The predicted octanol–water partition coefficient (Wildman–Crippen LogP) is 1.11. The third-order valence-corrected chi connectivity index (χ3v) is 4.53. The molecule has 1 unspecified atom stereocenters. The minimum atomic E-state index is -0.567. The maximum Gasteiger partial charge on any atom is 0.317 e. The van der Waals surface area contributed by atoms with Gasteiger partial charge in [-0.25, -0.2) is 4.79 Å². The van der Waals surface area contributed by atoms with Crippen molar-refractivity contribution in [2.75, 3.05) is 18.4 Å². The number of likely N-dealkylation sites (tertiary alicyclic amines) is 1. The molecule has 0 radical (unpaired) electrons. The number of hydrogen-bond acceptors (Lipinski definition) is 5. The van der Waals surface area contributed by atoms with Crippen LogP contribution in [-0.2, 0) is 9.63 Å². The summed E-state index contributed by atoms with van der Waals surface area (Å²) in [6.07, 6.45) is 6.42. The van der Waals surface area contributed by atoms with Crippen molar-refractivity contribution in [1.82, 2.24) is 15.2 Å². The number of oxime groups is 1. The molecule has 1 spiro atoms. The van der Waals surface area contributed by atoms with Crippen LogP contribution in [0.5, 0.6) is 0 Å². The van der Waals surface area contributed by atoms with Crippen LogP contribution < -0.4 is 10.6 Å². The molecule has 1 aromatic heterocycles. The Morgan fingerprint density at radius 2 is 2.25 bits per heavy atom. The molecule has 1 atom stereocenters. The fourth-order valence-electron chi connectivity index (χ4n) is 3.01. The number of hydrogen-bond donors (Lipinski definition) is 2. The van der Waals surface area contributed by atoms with Gasteiger partial charge in [0, 0.05) is 31.6 Å². The number of anilines is 1. The van der Waals surface area contributed by atoms with Crippen molar-refractivity contribution in [1.29, 1.82) is 0 Å². The van der Waals surface area contributed by atoms with E-state index in [1.165, 1.54) is 0 Å². The first-order valence-corrected chi connectivity index (χ1v) is 8.15. The van der Waals surface area contributed by atoms with Gasteiger partial charge in [-0.15, -0.1) is 0 Å². The Hall–Kier alpha value is -2.64. The molecule has 1 aromatic rings. The highest BCUT2D eigenvalue weighted by Crippen LogP contribution is 2.34. The van der Waals surface area contributed by atoms with Crippen LogP contribution in [0, 0.1) is 0 Å². The molecular weight excluding hydrogens is 310 g/mol. The van der Waals surface area contributed by atoms with Gasteiger partial charge in [-0.2, -0.15) is 0 Å². The summed E-state index contributed by atoms with van der Waals surface area (Å²) in [6.45, 7) is 1.07. The molecule has 2 fully saturated rings. The molecule has 8 heteroatoms. The van der Waals surface area contributed by atoms with Gasteiger partial charge >= 0.3 is 6.03 Å². The number of carbonyl (C=O) groups is 2. The number of nitrogens with one attached hydrogen (secondary N) is 2. The Balaban J connectivity index is 1.33. The average Bonchev–Trinajstić information content (AvgIpc) is 3.16. The Morgan fingerprint density at radius 3 is 3.00 bits per heavy atom. The van der Waals surface area contributed by atoms with Crippen molar-refractivity contribution in [2.45, 2.75) is 37.3 Å². The summed E-state index contributed by atoms with van der Waals surface area (Å²) in [5.74, 6) is -0.291. The zero-order chi connectivity index (χ0) is 16.6. The summed E-state index contributed by atoms with van der Waals surface area (Å²) in [5.41, 5.74) is 0.397. The fourth-order valence-corrected chi connectivity index (χ4v) is 3.01. The average molecular weight is 329 g/mol. The van der Waals surface area contributed by atoms with Gasteiger partial charge in [-0.3, -0.25) is 9.78 Å². The van der Waals surface area contributed by atoms with Gasteiger partial charge < -0.3 is 20.4 Å². The van der Waals surface area contributed by atoms with Gasteiger partial charge in [0.25, 0.3) is 5.91 Å². The number of aromatic nitrogens is 1. The number of urea groups is 1. The highest BCUT2D eigenvalue weighted by Gasteiger charge is 2.48. The molecular formula is C16H19N5O3. The van der Waals surface area contributed by atoms with Crippen molar-refractivity contribution in [3.63, 3.8) is 0 Å². The van der Waals surface area contributed by atoms with Gasteiger partial charge in [0.2, 0.25) is 0 Å². The minimum absolute atomic E-state index is 0.0498. The fraction of sp³-hybridized carbons (Fsp3) is 0.500. The lowest BCUT2D eigenvalue weighted by Gasteiger charge is -2.21. The molecule has 2 aliphatic heterocycles. The standard InChI is InChI=1S/C16H19N5O3/c22-14(18-12-2-1-6-17-9-12)13-8-16(24-20-13)5-7-21(10-16)15(23)19-11-3-4-11/h1-2,6,9,11H,3-5,7-8,10H2,(H,18,22)(H,19,23). The first-order valence-electron chi connectivity index (χ1n) is 8.15. The normalized spacial score (nSPS) is 25.3. The van der Waals surface area contributed by atoms with Gasteiger partial charge in [-0.05, 0) is 25.0 Å². The van der Waals surface area contributed by atoms with E-state index in [0.29, 0.717) is 43.4 Å². The first-order chi connectivity index (χ1) is 11.6. The summed E-state index contributed by atoms with van der Waals surface area (Å²) in [5, 5.41) is 9.69. The lowest BCUT2D eigenvalue weighted by molar-refractivity contribution is -0.110. The highest BCUT2D eigenvalue weighted by atomic mass is 16.7. The topological polar surface area (TPSA) is 95.9 Å². The van der Waals surface area contributed by atoms with E-state index in [-0.39, 0.29) is 11.9 Å². The van der Waals surface area contributed by atoms with E-state index in [0.717, 1.165) is 12.8 Å². The molecule has 4 rings (SSSR count). The number of carbonyl (C=O) groups excluding carboxylic acids is 2. The zero-order valence-electron chi connectivity index (χ0n) is 13.2. The van der Waals surface area contributed by atoms with Gasteiger partial charge in [0.15, 0.2) is 5.60 Å². The van der Waals surface area contributed by atoms with E-state index >= 15 is 0 Å². The van der Waals surface area contributed by atoms with Crippen LogP contribution in [0.15, 0.2) is 29.7 Å². The third kappa shape index (κ3) is 3.04. The van der Waals surface area contributed by atoms with Crippen LogP contribution in [0.2, 0.25) is 0 Å². The molecule has 1 saturated carbocycles. The summed E-state index contributed by atoms with van der Waals surface area (Å²) in [7, 11) is 0. The lowest BCUT2D eigenvalue weighted by atomic mass is 9.96. The molecule has 1 aliphatic carbocycles. The molecule has 3 heterocycles. The quantitative estimate of drug-likeness (QED) is 0.868. The Morgan fingerprint density at radius 1 is 1.38 bits per heavy atom. The van der Waals surface area contributed by atoms with Gasteiger partial charge in [0.05, 0.1) is 18.4 Å². The number of nitrogens with zero attached hydrogens (tertiary/aromatic N) is 3. The van der Waals surface area contributed by atoms with Crippen molar-refractivity contribution in [2.24, 2.45) is 5.16 Å². The minimum Gasteiger partial charge on any atom is -0.386 e. The van der Waals surface area contributed by atoms with Crippen LogP contribution in [0.25, 0.3) is 0 Å². The second-order valence-corrected chi connectivity index (χ2v) is 6.58. The SMILES string of the molecule is O=C(Nc1cccnc1)C1=NOC2(CCN(C(=O)NC3CC3)C2)C1. The second kappa shape index (κ2) is 5.77. The summed E-state index contributed by atoms with van der Waals surface area (Å²) < 4.78 is 0. The van der Waals surface area contributed by atoms with E-state index in [4.69, 9.17) is 4.84 Å². The molecule has 0 aromatic carbocycles. The van der Waals surface area contributed by atoms with Crippen molar-refractivity contribution in [3.05, 3.63) is 24.5 Å². The van der Waals surface area contributed by atoms with Crippen LogP contribution in [0.4, 0.5) is 10.5 Å². The molecule has 0 bridgehead atoms. The molecule has 24 heavy (non-hydrogen) atoms. The Labute approximate surface area is 139 Å². The maximum absolute atomic E-state index is 12.3. The first kappa shape index (κ1) is 14.9. The van der Waals surface area contributed by atoms with Crippen molar-refractivity contribution in [3.8, 4) is 0 Å². The zero-order valence-corrected chi connectivity index (χ0v) is 13.2. The van der Waals surface area contributed by atoms with Crippen molar-refractivity contribution >= 4 is 23.3 Å². The highest BCUT2D eigenvalue weighted by molar-refractivity contribution is 6.43. The largest absolute Gasteiger partial charge is 0.386 e. The van der Waals surface area contributed by atoms with Crippen LogP contribution in [-0.4, -0.2) is 52.3 Å². The smallest absolute Gasteiger partial charge is 0.317 e. The number of pyridine rings is 1. The van der Waals surface area contributed by atoms with E-state index < -0.39 is 5.60 Å². The van der Waals surface area contributed by atoms with Crippen LogP contribution >= 0.6 is 0 Å². The van der Waals surface area contributed by atoms with Gasteiger partial charge in [-0.1, -0.05) is 5.16 Å². The van der Waals surface area contributed by atoms with E-state index in [2.05, 4.69) is 20.8 Å². The molecule has 126 valence electrons. The molecule has 3 amide bonds.